The summed E-state index contributed by atoms with van der Waals surface area (Å²) in [6.07, 6.45) is 0. The molecule has 0 heterocycles. The minimum Gasteiger partial charge on any atom is -0.206 e. The molecule has 17 heavy (non-hydrogen) atoms. The van der Waals surface area contributed by atoms with Crippen LogP contribution < -0.4 is 0 Å². The molecule has 0 amide bonds. The van der Waals surface area contributed by atoms with Gasteiger partial charge in [-0.15, -0.1) is 0 Å². The van der Waals surface area contributed by atoms with Crippen LogP contribution in [0.3, 0.4) is 0 Å². The fourth-order valence-electron chi connectivity index (χ4n) is 1.63. The summed E-state index contributed by atoms with van der Waals surface area (Å²) in [7, 11) is 0. The standard InChI is InChI=1S/C14H9ClFN/c1-9-2-5-12(14(16)6-9)10-3-4-11(8-17)13(15)7-10/h2-7H,1H3. The van der Waals surface area contributed by atoms with Crippen molar-refractivity contribution in [3.63, 3.8) is 0 Å². The molecule has 0 aromatic heterocycles. The van der Waals surface area contributed by atoms with Crippen LogP contribution in [0.25, 0.3) is 11.1 Å². The normalized spacial score (nSPS) is 10.0. The molecule has 0 saturated carbocycles. The second-order valence-corrected chi connectivity index (χ2v) is 4.20. The zero-order valence-corrected chi connectivity index (χ0v) is 9.92. The number of rotatable bonds is 1. The Kier molecular flexibility index (Phi) is 3.12. The maximum atomic E-state index is 13.7. The van der Waals surface area contributed by atoms with E-state index in [2.05, 4.69) is 0 Å². The molecule has 3 heteroatoms. The van der Waals surface area contributed by atoms with Gasteiger partial charge in [0.05, 0.1) is 10.6 Å². The first-order valence-corrected chi connectivity index (χ1v) is 5.46. The Hall–Kier alpha value is -1.85. The first kappa shape index (κ1) is 11.6. The Balaban J connectivity index is 2.54. The van der Waals surface area contributed by atoms with E-state index in [-0.39, 0.29) is 5.82 Å². The predicted octanol–water partition coefficient (Wildman–Crippen LogP) is 4.33. The van der Waals surface area contributed by atoms with E-state index in [4.69, 9.17) is 16.9 Å². The van der Waals surface area contributed by atoms with Crippen molar-refractivity contribution in [3.05, 3.63) is 58.4 Å². The zero-order valence-electron chi connectivity index (χ0n) is 9.17. The van der Waals surface area contributed by atoms with Gasteiger partial charge >= 0.3 is 0 Å². The van der Waals surface area contributed by atoms with E-state index in [1.807, 2.05) is 19.1 Å². The van der Waals surface area contributed by atoms with Crippen molar-refractivity contribution in [2.75, 3.05) is 0 Å². The maximum absolute atomic E-state index is 13.7. The number of benzene rings is 2. The molecule has 0 aliphatic heterocycles. The molecule has 2 rings (SSSR count). The van der Waals surface area contributed by atoms with E-state index in [1.165, 1.54) is 6.07 Å². The van der Waals surface area contributed by atoms with Gasteiger partial charge in [-0.3, -0.25) is 0 Å². The average Bonchev–Trinajstić information content (AvgIpc) is 2.29. The molecule has 0 unspecified atom stereocenters. The Morgan fingerprint density at radius 2 is 1.94 bits per heavy atom. The number of hydrogen-bond donors (Lipinski definition) is 0. The predicted molar refractivity (Wildman–Crippen MR) is 66.3 cm³/mol. The van der Waals surface area contributed by atoms with Gasteiger partial charge in [-0.25, -0.2) is 4.39 Å². The minimum atomic E-state index is -0.286. The molecule has 0 atom stereocenters. The highest BCUT2D eigenvalue weighted by molar-refractivity contribution is 6.32. The van der Waals surface area contributed by atoms with Crippen LogP contribution in [0.1, 0.15) is 11.1 Å². The second-order valence-electron chi connectivity index (χ2n) is 3.79. The molecule has 0 fully saturated rings. The van der Waals surface area contributed by atoms with Crippen LogP contribution >= 0.6 is 11.6 Å². The Morgan fingerprint density at radius 3 is 2.53 bits per heavy atom. The summed E-state index contributed by atoms with van der Waals surface area (Å²) in [5, 5.41) is 9.10. The Labute approximate surface area is 104 Å². The molecule has 0 aliphatic carbocycles. The van der Waals surface area contributed by atoms with Gasteiger partial charge in [0.2, 0.25) is 0 Å². The fraction of sp³-hybridized carbons (Fsp3) is 0.0714. The van der Waals surface area contributed by atoms with Gasteiger partial charge in [0.1, 0.15) is 11.9 Å². The molecular weight excluding hydrogens is 237 g/mol. The lowest BCUT2D eigenvalue weighted by molar-refractivity contribution is 0.630. The molecule has 0 radical (unpaired) electrons. The largest absolute Gasteiger partial charge is 0.206 e. The number of hydrogen-bond acceptors (Lipinski definition) is 1. The van der Waals surface area contributed by atoms with Crippen molar-refractivity contribution < 1.29 is 4.39 Å². The third kappa shape index (κ3) is 2.30. The molecular formula is C14H9ClFN. The van der Waals surface area contributed by atoms with Crippen LogP contribution in [0.15, 0.2) is 36.4 Å². The summed E-state index contributed by atoms with van der Waals surface area (Å²) >= 11 is 5.92. The maximum Gasteiger partial charge on any atom is 0.131 e. The molecule has 0 spiro atoms. The summed E-state index contributed by atoms with van der Waals surface area (Å²) in [5.74, 6) is -0.286. The van der Waals surface area contributed by atoms with Crippen LogP contribution in [-0.2, 0) is 0 Å². The van der Waals surface area contributed by atoms with E-state index in [9.17, 15) is 4.39 Å². The van der Waals surface area contributed by atoms with Gasteiger partial charge in [-0.2, -0.15) is 5.26 Å². The molecule has 0 aliphatic rings. The molecule has 84 valence electrons. The average molecular weight is 246 g/mol. The smallest absolute Gasteiger partial charge is 0.131 e. The Morgan fingerprint density at radius 1 is 1.18 bits per heavy atom. The third-order valence-corrected chi connectivity index (χ3v) is 2.84. The van der Waals surface area contributed by atoms with Gasteiger partial charge in [0.25, 0.3) is 0 Å². The lowest BCUT2D eigenvalue weighted by atomic mass is 10.0. The van der Waals surface area contributed by atoms with Gasteiger partial charge < -0.3 is 0 Å². The van der Waals surface area contributed by atoms with E-state index in [0.717, 1.165) is 5.56 Å². The molecule has 2 aromatic carbocycles. The first-order chi connectivity index (χ1) is 8.11. The second kappa shape index (κ2) is 4.57. The zero-order chi connectivity index (χ0) is 12.4. The number of nitrogens with zero attached hydrogens (tertiary/aromatic N) is 1. The fourth-order valence-corrected chi connectivity index (χ4v) is 1.85. The van der Waals surface area contributed by atoms with Crippen molar-refractivity contribution in [1.29, 1.82) is 5.26 Å². The van der Waals surface area contributed by atoms with E-state index in [0.29, 0.717) is 21.7 Å². The van der Waals surface area contributed by atoms with Gasteiger partial charge in [-0.05, 0) is 36.2 Å². The summed E-state index contributed by atoms with van der Waals surface area (Å²) in [6.45, 7) is 1.83. The molecule has 0 bridgehead atoms. The summed E-state index contributed by atoms with van der Waals surface area (Å²) in [4.78, 5) is 0. The monoisotopic (exact) mass is 245 g/mol. The van der Waals surface area contributed by atoms with Gasteiger partial charge in [0.15, 0.2) is 0 Å². The molecule has 0 saturated heterocycles. The lowest BCUT2D eigenvalue weighted by Crippen LogP contribution is -1.87. The minimum absolute atomic E-state index is 0.286. The van der Waals surface area contributed by atoms with E-state index in [1.54, 1.807) is 24.3 Å². The number of aryl methyl sites for hydroxylation is 1. The number of halogens is 2. The van der Waals surface area contributed by atoms with Crippen molar-refractivity contribution in [3.8, 4) is 17.2 Å². The highest BCUT2D eigenvalue weighted by Crippen LogP contribution is 2.27. The highest BCUT2D eigenvalue weighted by Gasteiger charge is 2.07. The van der Waals surface area contributed by atoms with Gasteiger partial charge in [-0.1, -0.05) is 29.8 Å². The van der Waals surface area contributed by atoms with Crippen LogP contribution in [0.2, 0.25) is 5.02 Å². The summed E-state index contributed by atoms with van der Waals surface area (Å²) < 4.78 is 13.7. The highest BCUT2D eigenvalue weighted by atomic mass is 35.5. The van der Waals surface area contributed by atoms with Crippen molar-refractivity contribution in [2.45, 2.75) is 6.92 Å². The van der Waals surface area contributed by atoms with Crippen LogP contribution in [-0.4, -0.2) is 0 Å². The van der Waals surface area contributed by atoms with Crippen LogP contribution in [0, 0.1) is 24.1 Å². The van der Waals surface area contributed by atoms with Crippen LogP contribution in [0.5, 0.6) is 0 Å². The van der Waals surface area contributed by atoms with E-state index < -0.39 is 0 Å². The van der Waals surface area contributed by atoms with Crippen LogP contribution in [0.4, 0.5) is 4.39 Å². The van der Waals surface area contributed by atoms with Crippen molar-refractivity contribution in [2.24, 2.45) is 0 Å². The molecule has 2 aromatic rings. The van der Waals surface area contributed by atoms with Gasteiger partial charge in [0, 0.05) is 5.56 Å². The number of nitriles is 1. The third-order valence-electron chi connectivity index (χ3n) is 2.53. The topological polar surface area (TPSA) is 23.8 Å². The van der Waals surface area contributed by atoms with Crippen molar-refractivity contribution in [1.82, 2.24) is 0 Å². The molecule has 1 nitrogen and oxygen atoms in total. The quantitative estimate of drug-likeness (QED) is 0.734. The molecule has 0 N–H and O–H groups in total. The van der Waals surface area contributed by atoms with Crippen molar-refractivity contribution >= 4 is 11.6 Å². The van der Waals surface area contributed by atoms with E-state index >= 15 is 0 Å². The summed E-state index contributed by atoms with van der Waals surface area (Å²) in [6, 6.07) is 11.9. The SMILES string of the molecule is Cc1ccc(-c2ccc(C#N)c(Cl)c2)c(F)c1. The summed E-state index contributed by atoms with van der Waals surface area (Å²) in [5.41, 5.74) is 2.42. The first-order valence-electron chi connectivity index (χ1n) is 5.08. The lowest BCUT2D eigenvalue weighted by Gasteiger charge is -2.05. The Bertz CT molecular complexity index is 614.